The highest BCUT2D eigenvalue weighted by atomic mass is 35.5. The Hall–Kier alpha value is -3.54. The summed E-state index contributed by atoms with van der Waals surface area (Å²) in [6.07, 6.45) is 1.46. The standard InChI is InChI=1S/C23H25ClN6O5/c1-29-13-14(2-5-18(29)32)12-17(31)27-28-21-19-16(26-23(21)34)4-3-15(20(19)24)22(33)25-6-7-30-8-10-35-11-9-30/h2-5,13,26,34H,6-12H2,1H3,(H,25,33). The maximum absolute atomic E-state index is 12.7. The van der Waals surface area contributed by atoms with Gasteiger partial charge < -0.3 is 24.7 Å². The maximum atomic E-state index is 12.7. The van der Waals surface area contributed by atoms with Crippen molar-refractivity contribution in [2.45, 2.75) is 6.42 Å². The molecule has 0 unspecified atom stereocenters. The van der Waals surface area contributed by atoms with Crippen molar-refractivity contribution in [3.05, 3.63) is 57.0 Å². The number of benzene rings is 1. The molecule has 12 heteroatoms. The number of aromatic nitrogens is 2. The van der Waals surface area contributed by atoms with Gasteiger partial charge in [-0.15, -0.1) is 10.2 Å². The first-order chi connectivity index (χ1) is 16.8. The van der Waals surface area contributed by atoms with Crippen molar-refractivity contribution in [1.82, 2.24) is 19.8 Å². The second-order valence-electron chi connectivity index (χ2n) is 8.14. The molecule has 0 bridgehead atoms. The van der Waals surface area contributed by atoms with Crippen LogP contribution in [0.2, 0.25) is 5.02 Å². The number of hydrogen-bond acceptors (Lipinski definition) is 7. The first-order valence-electron chi connectivity index (χ1n) is 11.0. The fraction of sp³-hybridized carbons (Fsp3) is 0.348. The zero-order valence-corrected chi connectivity index (χ0v) is 19.8. The van der Waals surface area contributed by atoms with Gasteiger partial charge in [0.15, 0.2) is 5.69 Å². The number of H-pyrrole nitrogens is 1. The Morgan fingerprint density at radius 2 is 2.00 bits per heavy atom. The Labute approximate surface area is 205 Å². The number of carbonyl (C=O) groups is 2. The van der Waals surface area contributed by atoms with Gasteiger partial charge in [0.2, 0.25) is 11.4 Å². The minimum absolute atomic E-state index is 0.0400. The van der Waals surface area contributed by atoms with Crippen molar-refractivity contribution in [1.29, 1.82) is 0 Å². The molecule has 0 radical (unpaired) electrons. The van der Waals surface area contributed by atoms with Crippen LogP contribution < -0.4 is 10.9 Å². The van der Waals surface area contributed by atoms with Gasteiger partial charge in [-0.2, -0.15) is 0 Å². The van der Waals surface area contributed by atoms with Crippen LogP contribution >= 0.6 is 11.6 Å². The van der Waals surface area contributed by atoms with E-state index in [-0.39, 0.29) is 45.4 Å². The van der Waals surface area contributed by atoms with Gasteiger partial charge in [-0.05, 0) is 17.7 Å². The Bertz CT molecular complexity index is 1340. The molecule has 2 aromatic heterocycles. The summed E-state index contributed by atoms with van der Waals surface area (Å²) < 4.78 is 6.68. The quantitative estimate of drug-likeness (QED) is 0.424. The molecule has 1 aromatic carbocycles. The number of hydrogen-bond donors (Lipinski definition) is 3. The van der Waals surface area contributed by atoms with E-state index in [1.165, 1.54) is 10.6 Å². The van der Waals surface area contributed by atoms with Gasteiger partial charge >= 0.3 is 0 Å². The number of pyridine rings is 1. The van der Waals surface area contributed by atoms with Gasteiger partial charge in [0.05, 0.1) is 41.1 Å². The number of aromatic hydroxyl groups is 1. The van der Waals surface area contributed by atoms with Crippen LogP contribution in [0.4, 0.5) is 5.69 Å². The summed E-state index contributed by atoms with van der Waals surface area (Å²) >= 11 is 6.52. The number of azo groups is 1. The highest BCUT2D eigenvalue weighted by molar-refractivity contribution is 6.39. The van der Waals surface area contributed by atoms with Gasteiger partial charge in [-0.3, -0.25) is 19.3 Å². The maximum Gasteiger partial charge on any atom is 0.269 e. The van der Waals surface area contributed by atoms with Gasteiger partial charge in [-0.25, -0.2) is 0 Å². The molecular formula is C23H25ClN6O5. The molecule has 1 aliphatic heterocycles. The number of fused-ring (bicyclic) bond motifs is 1. The molecule has 11 nitrogen and oxygen atoms in total. The lowest BCUT2D eigenvalue weighted by molar-refractivity contribution is -0.117. The molecule has 4 rings (SSSR count). The van der Waals surface area contributed by atoms with Crippen LogP contribution in [-0.2, 0) is 23.0 Å². The Morgan fingerprint density at radius 3 is 2.74 bits per heavy atom. The van der Waals surface area contributed by atoms with Crippen LogP contribution in [0.1, 0.15) is 15.9 Å². The number of nitrogens with one attached hydrogen (secondary N) is 2. The Balaban J connectivity index is 1.49. The minimum Gasteiger partial charge on any atom is -0.493 e. The van der Waals surface area contributed by atoms with Crippen LogP contribution in [0.3, 0.4) is 0 Å². The molecule has 0 spiro atoms. The third-order valence-corrected chi connectivity index (χ3v) is 6.07. The van der Waals surface area contributed by atoms with Crippen LogP contribution in [0.25, 0.3) is 10.9 Å². The number of carbonyl (C=O) groups excluding carboxylic acids is 2. The third-order valence-electron chi connectivity index (χ3n) is 5.68. The highest BCUT2D eigenvalue weighted by Gasteiger charge is 2.20. The molecule has 184 valence electrons. The largest absolute Gasteiger partial charge is 0.493 e. The molecule has 1 aliphatic rings. The first kappa shape index (κ1) is 24.6. The number of halogens is 1. The Kier molecular flexibility index (Phi) is 7.59. The number of nitrogens with zero attached hydrogens (tertiary/aromatic N) is 4. The lowest BCUT2D eigenvalue weighted by Gasteiger charge is -2.26. The molecular weight excluding hydrogens is 476 g/mol. The fourth-order valence-electron chi connectivity index (χ4n) is 3.81. The zero-order chi connectivity index (χ0) is 24.9. The molecule has 3 heterocycles. The topological polar surface area (TPSA) is 141 Å². The number of ether oxygens (including phenoxy) is 1. The van der Waals surface area contributed by atoms with Crippen molar-refractivity contribution < 1.29 is 19.4 Å². The lowest BCUT2D eigenvalue weighted by Crippen LogP contribution is -2.41. The second kappa shape index (κ2) is 10.8. The van der Waals surface area contributed by atoms with Gasteiger partial charge in [0.1, 0.15) is 0 Å². The predicted molar refractivity (Wildman–Crippen MR) is 129 cm³/mol. The smallest absolute Gasteiger partial charge is 0.269 e. The molecule has 1 fully saturated rings. The highest BCUT2D eigenvalue weighted by Crippen LogP contribution is 2.41. The SMILES string of the molecule is Cn1cc(CC(=O)N=Nc2c(O)[nH]c3ccc(C(=O)NCCN4CCOCC4)c(Cl)c23)ccc1=O. The zero-order valence-electron chi connectivity index (χ0n) is 19.1. The number of amides is 2. The van der Waals surface area contributed by atoms with Crippen molar-refractivity contribution in [2.24, 2.45) is 17.3 Å². The second-order valence-corrected chi connectivity index (χ2v) is 8.52. The van der Waals surface area contributed by atoms with Crippen molar-refractivity contribution >= 4 is 40.0 Å². The van der Waals surface area contributed by atoms with Crippen LogP contribution in [0.15, 0.2) is 45.5 Å². The molecule has 1 saturated heterocycles. The molecule has 0 atom stereocenters. The molecule has 2 amide bonds. The summed E-state index contributed by atoms with van der Waals surface area (Å²) in [4.78, 5) is 41.5. The van der Waals surface area contributed by atoms with Crippen molar-refractivity contribution in [3.63, 3.8) is 0 Å². The van der Waals surface area contributed by atoms with E-state index >= 15 is 0 Å². The van der Waals surface area contributed by atoms with E-state index in [1.807, 2.05) is 0 Å². The van der Waals surface area contributed by atoms with Crippen LogP contribution in [0.5, 0.6) is 5.88 Å². The van der Waals surface area contributed by atoms with E-state index < -0.39 is 5.91 Å². The summed E-state index contributed by atoms with van der Waals surface area (Å²) in [5.41, 5.74) is 1.02. The number of aromatic amines is 1. The monoisotopic (exact) mass is 500 g/mol. The van der Waals surface area contributed by atoms with Gasteiger partial charge in [-0.1, -0.05) is 17.7 Å². The van der Waals surface area contributed by atoms with E-state index in [0.717, 1.165) is 13.1 Å². The van der Waals surface area contributed by atoms with Crippen LogP contribution in [0, 0.1) is 0 Å². The average Bonchev–Trinajstić information content (AvgIpc) is 3.16. The molecule has 0 saturated carbocycles. The van der Waals surface area contributed by atoms with Crippen molar-refractivity contribution in [3.8, 4) is 5.88 Å². The predicted octanol–water partition coefficient (Wildman–Crippen LogP) is 2.14. The van der Waals surface area contributed by atoms with Gasteiger partial charge in [0.25, 0.3) is 11.8 Å². The minimum atomic E-state index is -0.578. The van der Waals surface area contributed by atoms with E-state index in [0.29, 0.717) is 37.4 Å². The van der Waals surface area contributed by atoms with E-state index in [1.54, 1.807) is 31.4 Å². The average molecular weight is 501 g/mol. The van der Waals surface area contributed by atoms with E-state index in [9.17, 15) is 19.5 Å². The van der Waals surface area contributed by atoms with Crippen molar-refractivity contribution in [2.75, 3.05) is 39.4 Å². The van der Waals surface area contributed by atoms with Crippen LogP contribution in [-0.4, -0.2) is 70.8 Å². The Morgan fingerprint density at radius 1 is 1.23 bits per heavy atom. The fourth-order valence-corrected chi connectivity index (χ4v) is 4.15. The summed E-state index contributed by atoms with van der Waals surface area (Å²) in [7, 11) is 1.58. The summed E-state index contributed by atoms with van der Waals surface area (Å²) in [6.45, 7) is 4.13. The first-order valence-corrected chi connectivity index (χ1v) is 11.4. The van der Waals surface area contributed by atoms with E-state index in [4.69, 9.17) is 16.3 Å². The third kappa shape index (κ3) is 5.76. The summed E-state index contributed by atoms with van der Waals surface area (Å²) in [5.74, 6) is -1.27. The molecule has 35 heavy (non-hydrogen) atoms. The molecule has 3 aromatic rings. The summed E-state index contributed by atoms with van der Waals surface area (Å²) in [5, 5.41) is 21.1. The van der Waals surface area contributed by atoms with E-state index in [2.05, 4.69) is 25.4 Å². The lowest BCUT2D eigenvalue weighted by atomic mass is 10.1. The molecule has 0 aliphatic carbocycles. The number of aryl methyl sites for hydroxylation is 1. The van der Waals surface area contributed by atoms with Gasteiger partial charge in [0, 0.05) is 45.5 Å². The molecule has 3 N–H and O–H groups in total. The number of morpholine rings is 1. The normalized spacial score (nSPS) is 14.6. The summed E-state index contributed by atoms with van der Waals surface area (Å²) in [6, 6.07) is 6.05. The number of rotatable bonds is 7.